The summed E-state index contributed by atoms with van der Waals surface area (Å²) < 4.78 is 4.64. The largest absolute Gasteiger partial charge is 0.469 e. The summed E-state index contributed by atoms with van der Waals surface area (Å²) in [6.07, 6.45) is 3.46. The van der Waals surface area contributed by atoms with Gasteiger partial charge < -0.3 is 9.64 Å². The van der Waals surface area contributed by atoms with Crippen molar-refractivity contribution in [2.24, 2.45) is 0 Å². The Morgan fingerprint density at radius 2 is 1.81 bits per heavy atom. The Kier molecular flexibility index (Phi) is 8.17. The molecule has 116 valence electrons. The van der Waals surface area contributed by atoms with Gasteiger partial charge in [-0.15, -0.1) is 0 Å². The Morgan fingerprint density at radius 3 is 2.43 bits per heavy atom. The van der Waals surface area contributed by atoms with Gasteiger partial charge in [-0.1, -0.05) is 43.7 Å². The predicted octanol–water partition coefficient (Wildman–Crippen LogP) is 2.81. The number of unbranched alkanes of at least 4 members (excludes halogenated alkanes) is 1. The molecule has 0 saturated carbocycles. The molecule has 4 nitrogen and oxygen atoms in total. The van der Waals surface area contributed by atoms with Crippen LogP contribution in [-0.4, -0.2) is 37.0 Å². The molecular weight excluding hydrogens is 266 g/mol. The summed E-state index contributed by atoms with van der Waals surface area (Å²) >= 11 is 0. The minimum Gasteiger partial charge on any atom is -0.469 e. The van der Waals surface area contributed by atoms with Crippen molar-refractivity contribution in [3.8, 4) is 0 Å². The fourth-order valence-corrected chi connectivity index (χ4v) is 2.09. The molecule has 0 spiro atoms. The van der Waals surface area contributed by atoms with Crippen LogP contribution in [0.5, 0.6) is 0 Å². The molecule has 1 aromatic rings. The van der Waals surface area contributed by atoms with Crippen molar-refractivity contribution >= 4 is 11.9 Å². The first-order chi connectivity index (χ1) is 10.2. The topological polar surface area (TPSA) is 46.6 Å². The van der Waals surface area contributed by atoms with Gasteiger partial charge in [-0.2, -0.15) is 0 Å². The fourth-order valence-electron chi connectivity index (χ4n) is 2.09. The molecule has 0 bridgehead atoms. The van der Waals surface area contributed by atoms with E-state index in [-0.39, 0.29) is 18.3 Å². The molecule has 1 aromatic carbocycles. The third-order valence-electron chi connectivity index (χ3n) is 3.42. The second kappa shape index (κ2) is 9.97. The highest BCUT2D eigenvalue weighted by Crippen LogP contribution is 2.07. The quantitative estimate of drug-likeness (QED) is 0.657. The molecule has 0 aliphatic rings. The van der Waals surface area contributed by atoms with Gasteiger partial charge in [-0.25, -0.2) is 0 Å². The highest BCUT2D eigenvalue weighted by Gasteiger charge is 2.14. The molecule has 1 rings (SSSR count). The lowest BCUT2D eigenvalue weighted by atomic mass is 10.1. The molecule has 0 heterocycles. The SMILES string of the molecule is CCCCN(CCC(=O)OC)C(=O)CCc1ccccc1. The monoisotopic (exact) mass is 291 g/mol. The number of hydrogen-bond acceptors (Lipinski definition) is 3. The van der Waals surface area contributed by atoms with Crippen LogP contribution in [0.3, 0.4) is 0 Å². The summed E-state index contributed by atoms with van der Waals surface area (Å²) in [7, 11) is 1.37. The Balaban J connectivity index is 2.47. The molecule has 0 fully saturated rings. The molecule has 0 unspecified atom stereocenters. The van der Waals surface area contributed by atoms with Crippen molar-refractivity contribution < 1.29 is 14.3 Å². The van der Waals surface area contributed by atoms with E-state index in [9.17, 15) is 9.59 Å². The van der Waals surface area contributed by atoms with Crippen molar-refractivity contribution in [1.82, 2.24) is 4.90 Å². The molecule has 0 atom stereocenters. The number of methoxy groups -OCH3 is 1. The van der Waals surface area contributed by atoms with Gasteiger partial charge in [-0.3, -0.25) is 9.59 Å². The highest BCUT2D eigenvalue weighted by molar-refractivity contribution is 5.77. The fraction of sp³-hybridized carbons (Fsp3) is 0.529. The van der Waals surface area contributed by atoms with Crippen molar-refractivity contribution in [2.75, 3.05) is 20.2 Å². The van der Waals surface area contributed by atoms with Crippen molar-refractivity contribution in [2.45, 2.75) is 39.0 Å². The maximum atomic E-state index is 12.3. The van der Waals surface area contributed by atoms with Gasteiger partial charge in [-0.05, 0) is 18.4 Å². The molecule has 4 heteroatoms. The Labute approximate surface area is 127 Å². The standard InChI is InChI=1S/C17H25NO3/c1-3-4-13-18(14-12-17(20)21-2)16(19)11-10-15-8-6-5-7-9-15/h5-9H,3-4,10-14H2,1-2H3. The van der Waals surface area contributed by atoms with Crippen LogP contribution in [0.2, 0.25) is 0 Å². The van der Waals surface area contributed by atoms with Crippen LogP contribution < -0.4 is 0 Å². The van der Waals surface area contributed by atoms with E-state index in [0.717, 1.165) is 24.8 Å². The molecule has 0 saturated heterocycles. The minimum atomic E-state index is -0.271. The molecule has 1 amide bonds. The van der Waals surface area contributed by atoms with Crippen LogP contribution in [0.4, 0.5) is 0 Å². The van der Waals surface area contributed by atoms with Gasteiger partial charge in [0.15, 0.2) is 0 Å². The number of hydrogen-bond donors (Lipinski definition) is 0. The first-order valence-electron chi connectivity index (χ1n) is 7.56. The zero-order chi connectivity index (χ0) is 15.5. The first-order valence-corrected chi connectivity index (χ1v) is 7.56. The maximum absolute atomic E-state index is 12.3. The van der Waals surface area contributed by atoms with Crippen LogP contribution in [0.1, 0.15) is 38.2 Å². The lowest BCUT2D eigenvalue weighted by Gasteiger charge is -2.22. The van der Waals surface area contributed by atoms with Crippen LogP contribution in [0.15, 0.2) is 30.3 Å². The molecule has 0 aliphatic heterocycles. The molecule has 21 heavy (non-hydrogen) atoms. The number of carbonyl (C=O) groups excluding carboxylic acids is 2. The molecule has 0 N–H and O–H groups in total. The smallest absolute Gasteiger partial charge is 0.307 e. The summed E-state index contributed by atoms with van der Waals surface area (Å²) in [5, 5.41) is 0. The molecular formula is C17H25NO3. The van der Waals surface area contributed by atoms with Gasteiger partial charge in [0, 0.05) is 19.5 Å². The van der Waals surface area contributed by atoms with Crippen molar-refractivity contribution in [3.63, 3.8) is 0 Å². The molecule has 0 aromatic heterocycles. The maximum Gasteiger partial charge on any atom is 0.307 e. The van der Waals surface area contributed by atoms with E-state index >= 15 is 0 Å². The summed E-state index contributed by atoms with van der Waals surface area (Å²) in [4.78, 5) is 25.3. The average molecular weight is 291 g/mol. The number of carbonyl (C=O) groups is 2. The van der Waals surface area contributed by atoms with E-state index < -0.39 is 0 Å². The number of rotatable bonds is 9. The summed E-state index contributed by atoms with van der Waals surface area (Å²) in [6.45, 7) is 3.24. The Morgan fingerprint density at radius 1 is 1.10 bits per heavy atom. The van der Waals surface area contributed by atoms with Gasteiger partial charge >= 0.3 is 5.97 Å². The van der Waals surface area contributed by atoms with Crippen LogP contribution in [0, 0.1) is 0 Å². The first kappa shape index (κ1) is 17.2. The van der Waals surface area contributed by atoms with E-state index in [0.29, 0.717) is 19.5 Å². The van der Waals surface area contributed by atoms with E-state index in [1.165, 1.54) is 7.11 Å². The number of aryl methyl sites for hydroxylation is 1. The number of nitrogens with zero attached hydrogens (tertiary/aromatic N) is 1. The number of ether oxygens (including phenoxy) is 1. The summed E-state index contributed by atoms with van der Waals surface area (Å²) in [6, 6.07) is 9.98. The normalized spacial score (nSPS) is 10.2. The predicted molar refractivity (Wildman–Crippen MR) is 82.9 cm³/mol. The highest BCUT2D eigenvalue weighted by atomic mass is 16.5. The summed E-state index contributed by atoms with van der Waals surface area (Å²) in [5.41, 5.74) is 1.16. The lowest BCUT2D eigenvalue weighted by molar-refractivity contribution is -0.141. The van der Waals surface area contributed by atoms with E-state index in [1.54, 1.807) is 4.90 Å². The second-order valence-electron chi connectivity index (χ2n) is 5.05. The Hall–Kier alpha value is -1.84. The summed E-state index contributed by atoms with van der Waals surface area (Å²) in [5.74, 6) is -0.163. The van der Waals surface area contributed by atoms with Crippen LogP contribution in [0.25, 0.3) is 0 Å². The van der Waals surface area contributed by atoms with Crippen molar-refractivity contribution in [3.05, 3.63) is 35.9 Å². The number of esters is 1. The minimum absolute atomic E-state index is 0.108. The van der Waals surface area contributed by atoms with Gasteiger partial charge in [0.05, 0.1) is 13.5 Å². The third-order valence-corrected chi connectivity index (χ3v) is 3.42. The van der Waals surface area contributed by atoms with E-state index in [2.05, 4.69) is 11.7 Å². The van der Waals surface area contributed by atoms with E-state index in [4.69, 9.17) is 0 Å². The zero-order valence-corrected chi connectivity index (χ0v) is 13.0. The third kappa shape index (κ3) is 6.93. The second-order valence-corrected chi connectivity index (χ2v) is 5.05. The Bertz CT molecular complexity index is 431. The molecule has 0 aliphatic carbocycles. The zero-order valence-electron chi connectivity index (χ0n) is 13.0. The average Bonchev–Trinajstić information content (AvgIpc) is 2.53. The van der Waals surface area contributed by atoms with E-state index in [1.807, 2.05) is 30.3 Å². The number of benzene rings is 1. The van der Waals surface area contributed by atoms with Crippen molar-refractivity contribution in [1.29, 1.82) is 0 Å². The van der Waals surface area contributed by atoms with Gasteiger partial charge in [0.25, 0.3) is 0 Å². The number of amides is 1. The van der Waals surface area contributed by atoms with Crippen LogP contribution >= 0.6 is 0 Å². The van der Waals surface area contributed by atoms with Gasteiger partial charge in [0.1, 0.15) is 0 Å². The van der Waals surface area contributed by atoms with Crippen LogP contribution in [-0.2, 0) is 20.7 Å². The lowest BCUT2D eigenvalue weighted by Crippen LogP contribution is -2.34. The van der Waals surface area contributed by atoms with Gasteiger partial charge in [0.2, 0.25) is 5.91 Å². The molecule has 0 radical (unpaired) electrons.